The quantitative estimate of drug-likeness (QED) is 0.498. The molecule has 9 heteroatoms. The normalized spacial score (nSPS) is 10.8. The Morgan fingerprint density at radius 1 is 1.17 bits per heavy atom. The summed E-state index contributed by atoms with van der Waals surface area (Å²) in [5.74, 6) is 0.608. The second kappa shape index (κ2) is 8.17. The lowest BCUT2D eigenvalue weighted by Crippen LogP contribution is -2.26. The molecule has 0 aliphatic carbocycles. The molecule has 0 spiro atoms. The topological polar surface area (TPSA) is 81.9 Å². The van der Waals surface area contributed by atoms with Gasteiger partial charge in [0.25, 0.3) is 11.5 Å². The maximum Gasteiger partial charge on any atom is 0.271 e. The number of halogens is 1. The highest BCUT2D eigenvalue weighted by Gasteiger charge is 2.19. The molecule has 0 aliphatic heterocycles. The van der Waals surface area contributed by atoms with E-state index in [1.54, 1.807) is 62.1 Å². The molecule has 0 aliphatic rings. The molecular weight excluding hydrogens is 426 g/mol. The van der Waals surface area contributed by atoms with Gasteiger partial charge in [0.2, 0.25) is 0 Å². The van der Waals surface area contributed by atoms with E-state index in [0.717, 1.165) is 0 Å². The van der Waals surface area contributed by atoms with Crippen LogP contribution in [0.5, 0.6) is 11.5 Å². The number of anilines is 1. The molecule has 2 aromatic carbocycles. The molecule has 0 unspecified atom stereocenters. The largest absolute Gasteiger partial charge is 0.497 e. The van der Waals surface area contributed by atoms with Crippen LogP contribution in [0.3, 0.4) is 0 Å². The number of nitrogens with zero attached hydrogens (tertiary/aromatic N) is 2. The summed E-state index contributed by atoms with van der Waals surface area (Å²) in [6.45, 7) is 0. The lowest BCUT2D eigenvalue weighted by molar-refractivity contribution is 0.102. The Morgan fingerprint density at radius 3 is 2.73 bits per heavy atom. The van der Waals surface area contributed by atoms with Crippen molar-refractivity contribution in [2.75, 3.05) is 19.5 Å². The van der Waals surface area contributed by atoms with Crippen molar-refractivity contribution in [3.05, 3.63) is 75.0 Å². The van der Waals surface area contributed by atoms with Crippen LogP contribution < -0.4 is 20.3 Å². The molecule has 7 nitrogen and oxygen atoms in total. The van der Waals surface area contributed by atoms with Gasteiger partial charge in [-0.15, -0.1) is 11.3 Å². The van der Waals surface area contributed by atoms with Crippen molar-refractivity contribution in [1.29, 1.82) is 0 Å². The van der Waals surface area contributed by atoms with Crippen LogP contribution in [0.1, 0.15) is 10.4 Å². The fourth-order valence-corrected chi connectivity index (χ4v) is 4.06. The van der Waals surface area contributed by atoms with Crippen molar-refractivity contribution in [2.45, 2.75) is 0 Å². The Kier molecular flexibility index (Phi) is 5.43. The zero-order valence-corrected chi connectivity index (χ0v) is 17.6. The van der Waals surface area contributed by atoms with E-state index >= 15 is 0 Å². The van der Waals surface area contributed by atoms with Gasteiger partial charge in [-0.1, -0.05) is 17.7 Å². The predicted octanol–water partition coefficient (Wildman–Crippen LogP) is 4.35. The number of methoxy groups -OCH3 is 2. The van der Waals surface area contributed by atoms with Gasteiger partial charge in [0.1, 0.15) is 17.1 Å². The van der Waals surface area contributed by atoms with E-state index in [4.69, 9.17) is 21.1 Å². The first-order valence-corrected chi connectivity index (χ1v) is 10.1. The summed E-state index contributed by atoms with van der Waals surface area (Å²) in [6, 6.07) is 12.0. The van der Waals surface area contributed by atoms with Crippen molar-refractivity contribution >= 4 is 39.5 Å². The van der Waals surface area contributed by atoms with Gasteiger partial charge < -0.3 is 14.8 Å². The molecule has 0 saturated carbocycles. The summed E-state index contributed by atoms with van der Waals surface area (Å²) in [5, 5.41) is 4.95. The molecule has 152 valence electrons. The maximum absolute atomic E-state index is 13.2. The van der Waals surface area contributed by atoms with Gasteiger partial charge in [-0.25, -0.2) is 4.98 Å². The molecule has 4 rings (SSSR count). The summed E-state index contributed by atoms with van der Waals surface area (Å²) in [6.07, 6.45) is 1.28. The monoisotopic (exact) mass is 441 g/mol. The number of benzene rings is 2. The van der Waals surface area contributed by atoms with Crippen LogP contribution in [-0.4, -0.2) is 29.5 Å². The van der Waals surface area contributed by atoms with Crippen LogP contribution in [0, 0.1) is 0 Å². The third-order valence-corrected chi connectivity index (χ3v) is 5.53. The molecule has 30 heavy (non-hydrogen) atoms. The third-order valence-electron chi connectivity index (χ3n) is 4.46. The van der Waals surface area contributed by atoms with Gasteiger partial charge in [0, 0.05) is 27.9 Å². The maximum atomic E-state index is 13.2. The molecule has 0 radical (unpaired) electrons. The Bertz CT molecular complexity index is 1320. The first-order chi connectivity index (χ1) is 14.5. The zero-order chi connectivity index (χ0) is 21.3. The average molecular weight is 442 g/mol. The van der Waals surface area contributed by atoms with Gasteiger partial charge >= 0.3 is 0 Å². The highest BCUT2D eigenvalue weighted by Crippen LogP contribution is 2.35. The van der Waals surface area contributed by atoms with Crippen LogP contribution >= 0.6 is 22.9 Å². The van der Waals surface area contributed by atoms with E-state index < -0.39 is 11.5 Å². The van der Waals surface area contributed by atoms with E-state index in [1.807, 2.05) is 0 Å². The van der Waals surface area contributed by atoms with E-state index in [1.165, 1.54) is 21.9 Å². The fourth-order valence-electron chi connectivity index (χ4n) is 3.02. The lowest BCUT2D eigenvalue weighted by Gasteiger charge is -2.11. The van der Waals surface area contributed by atoms with Gasteiger partial charge in [-0.05, 0) is 36.4 Å². The summed E-state index contributed by atoms with van der Waals surface area (Å²) in [5.41, 5.74) is 1.12. The molecule has 0 saturated heterocycles. The van der Waals surface area contributed by atoms with Gasteiger partial charge in [0.05, 0.1) is 19.9 Å². The highest BCUT2D eigenvalue weighted by atomic mass is 35.5. The Balaban J connectivity index is 1.82. The number of nitrogens with one attached hydrogen (secondary N) is 1. The van der Waals surface area contributed by atoms with Crippen molar-refractivity contribution in [3.63, 3.8) is 0 Å². The number of hydrogen-bond acceptors (Lipinski definition) is 6. The first-order valence-electron chi connectivity index (χ1n) is 8.80. The van der Waals surface area contributed by atoms with Crippen molar-refractivity contribution in [3.8, 4) is 22.8 Å². The van der Waals surface area contributed by atoms with E-state index in [-0.39, 0.29) is 5.56 Å². The number of carbonyl (C=O) groups is 1. The van der Waals surface area contributed by atoms with Crippen LogP contribution in [-0.2, 0) is 0 Å². The molecule has 1 N–H and O–H groups in total. The van der Waals surface area contributed by atoms with Gasteiger partial charge in [-0.3, -0.25) is 14.0 Å². The second-order valence-electron chi connectivity index (χ2n) is 6.25. The van der Waals surface area contributed by atoms with Crippen LogP contribution in [0.25, 0.3) is 16.2 Å². The molecule has 2 aromatic heterocycles. The summed E-state index contributed by atoms with van der Waals surface area (Å²) in [4.78, 5) is 30.7. The van der Waals surface area contributed by atoms with E-state index in [0.29, 0.717) is 38.4 Å². The number of ether oxygens (including phenoxy) is 2. The van der Waals surface area contributed by atoms with Crippen LogP contribution in [0.2, 0.25) is 5.02 Å². The minimum absolute atomic E-state index is 0.0889. The Hall–Kier alpha value is -3.36. The molecule has 0 fully saturated rings. The third kappa shape index (κ3) is 3.62. The van der Waals surface area contributed by atoms with E-state index in [2.05, 4.69) is 10.3 Å². The average Bonchev–Trinajstić information content (AvgIpc) is 3.18. The lowest BCUT2D eigenvalue weighted by atomic mass is 10.1. The van der Waals surface area contributed by atoms with Crippen LogP contribution in [0.4, 0.5) is 5.69 Å². The number of aromatic nitrogens is 2. The molecule has 2 heterocycles. The number of amides is 1. The fraction of sp³-hybridized carbons (Fsp3) is 0.0952. The first kappa shape index (κ1) is 19.9. The minimum Gasteiger partial charge on any atom is -0.497 e. The minimum atomic E-state index is -0.570. The predicted molar refractivity (Wildman–Crippen MR) is 117 cm³/mol. The Morgan fingerprint density at radius 2 is 2.00 bits per heavy atom. The number of rotatable bonds is 5. The number of fused-ring (bicyclic) bond motifs is 1. The standard InChI is InChI=1S/C21H16ClN3O4S/c1-28-14-6-7-18(29-2)15(9-14)17-11-30-21-23-10-16(20(27)25(17)21)19(26)24-13-5-3-4-12(22)8-13/h3-11H,1-2H3,(H,24,26). The molecular formula is C21H16ClN3O4S. The van der Waals surface area contributed by atoms with Gasteiger partial charge in [0.15, 0.2) is 4.96 Å². The van der Waals surface area contributed by atoms with E-state index in [9.17, 15) is 9.59 Å². The number of hydrogen-bond donors (Lipinski definition) is 1. The summed E-state index contributed by atoms with van der Waals surface area (Å²) < 4.78 is 12.1. The number of carbonyl (C=O) groups excluding carboxylic acids is 1. The van der Waals surface area contributed by atoms with Crippen molar-refractivity contribution in [1.82, 2.24) is 9.38 Å². The molecule has 0 bridgehead atoms. The molecule has 4 aromatic rings. The van der Waals surface area contributed by atoms with Crippen molar-refractivity contribution < 1.29 is 14.3 Å². The molecule has 1 amide bonds. The van der Waals surface area contributed by atoms with Crippen LogP contribution in [0.15, 0.2) is 58.8 Å². The highest BCUT2D eigenvalue weighted by molar-refractivity contribution is 7.15. The smallest absolute Gasteiger partial charge is 0.271 e. The Labute approximate surface area is 180 Å². The number of thiazole rings is 1. The molecule has 0 atom stereocenters. The van der Waals surface area contributed by atoms with Crippen molar-refractivity contribution in [2.24, 2.45) is 0 Å². The van der Waals surface area contributed by atoms with Gasteiger partial charge in [-0.2, -0.15) is 0 Å². The SMILES string of the molecule is COc1ccc(OC)c(-c2csc3ncc(C(=O)Nc4cccc(Cl)c4)c(=O)n23)c1. The second-order valence-corrected chi connectivity index (χ2v) is 7.52. The summed E-state index contributed by atoms with van der Waals surface area (Å²) >= 11 is 7.25. The summed E-state index contributed by atoms with van der Waals surface area (Å²) in [7, 11) is 3.11. The zero-order valence-electron chi connectivity index (χ0n) is 16.0.